The molecule has 0 saturated carbocycles. The van der Waals surface area contributed by atoms with Crippen LogP contribution in [0, 0.1) is 6.92 Å². The molecule has 0 atom stereocenters. The zero-order valence-electron chi connectivity index (χ0n) is 16.8. The van der Waals surface area contributed by atoms with Crippen molar-refractivity contribution in [2.45, 2.75) is 32.7 Å². The molecule has 4 rings (SSSR count). The maximum Gasteiger partial charge on any atom is 0.213 e. The number of hydrogen-bond donors (Lipinski definition) is 1. The Balaban J connectivity index is 1.62. The zero-order valence-corrected chi connectivity index (χ0v) is 17.6. The number of anilines is 1. The summed E-state index contributed by atoms with van der Waals surface area (Å²) in [7, 11) is -3.11. The molecule has 1 fully saturated rings. The quantitative estimate of drug-likeness (QED) is 0.692. The SMILES string of the molecule is CCS(=O)(=O)N1CCC(Nc2cc(-c3cccc(C)n3)cc3ccncc23)CC1. The highest BCUT2D eigenvalue weighted by Gasteiger charge is 2.26. The molecule has 0 unspecified atom stereocenters. The van der Waals surface area contributed by atoms with Crippen molar-refractivity contribution in [2.75, 3.05) is 24.2 Å². The first-order valence-corrected chi connectivity index (χ1v) is 11.6. The number of piperidine rings is 1. The van der Waals surface area contributed by atoms with E-state index < -0.39 is 10.0 Å². The van der Waals surface area contributed by atoms with Crippen LogP contribution in [0.5, 0.6) is 0 Å². The number of aryl methyl sites for hydroxylation is 1. The van der Waals surface area contributed by atoms with Gasteiger partial charge in [-0.2, -0.15) is 0 Å². The summed E-state index contributed by atoms with van der Waals surface area (Å²) in [5.74, 6) is 0.160. The number of pyridine rings is 2. The zero-order chi connectivity index (χ0) is 20.4. The van der Waals surface area contributed by atoms with Crippen molar-refractivity contribution in [1.29, 1.82) is 0 Å². The lowest BCUT2D eigenvalue weighted by atomic mass is 10.0. The van der Waals surface area contributed by atoms with Crippen LogP contribution in [0.25, 0.3) is 22.0 Å². The van der Waals surface area contributed by atoms with E-state index in [-0.39, 0.29) is 11.8 Å². The predicted molar refractivity (Wildman–Crippen MR) is 117 cm³/mol. The summed E-state index contributed by atoms with van der Waals surface area (Å²) in [4.78, 5) is 8.96. The molecule has 1 aromatic carbocycles. The Morgan fingerprint density at radius 1 is 1.17 bits per heavy atom. The first-order valence-electron chi connectivity index (χ1n) is 10.0. The Kier molecular flexibility index (Phi) is 5.52. The second-order valence-corrected chi connectivity index (χ2v) is 9.76. The van der Waals surface area contributed by atoms with Crippen molar-refractivity contribution in [1.82, 2.24) is 14.3 Å². The number of fused-ring (bicyclic) bond motifs is 1. The third-order valence-corrected chi connectivity index (χ3v) is 7.39. The summed E-state index contributed by atoms with van der Waals surface area (Å²) in [6, 6.07) is 12.5. The second kappa shape index (κ2) is 8.08. The highest BCUT2D eigenvalue weighted by atomic mass is 32.2. The van der Waals surface area contributed by atoms with E-state index in [2.05, 4.69) is 27.4 Å². The number of nitrogens with one attached hydrogen (secondary N) is 1. The van der Waals surface area contributed by atoms with E-state index in [1.165, 1.54) is 0 Å². The lowest BCUT2D eigenvalue weighted by molar-refractivity contribution is 0.330. The van der Waals surface area contributed by atoms with Gasteiger partial charge in [-0.15, -0.1) is 0 Å². The van der Waals surface area contributed by atoms with Crippen molar-refractivity contribution in [2.24, 2.45) is 0 Å². The summed E-state index contributed by atoms with van der Waals surface area (Å²) < 4.78 is 25.8. The maximum absolute atomic E-state index is 12.1. The maximum atomic E-state index is 12.1. The van der Waals surface area contributed by atoms with Crippen molar-refractivity contribution in [3.05, 3.63) is 54.5 Å². The molecule has 0 amide bonds. The van der Waals surface area contributed by atoms with Gasteiger partial charge in [-0.05, 0) is 62.4 Å². The third kappa shape index (κ3) is 4.26. The fourth-order valence-corrected chi connectivity index (χ4v) is 4.98. The van der Waals surface area contributed by atoms with E-state index in [0.717, 1.165) is 46.3 Å². The van der Waals surface area contributed by atoms with Crippen LogP contribution in [0.4, 0.5) is 5.69 Å². The molecule has 29 heavy (non-hydrogen) atoms. The molecule has 0 spiro atoms. The van der Waals surface area contributed by atoms with Gasteiger partial charge in [0.15, 0.2) is 0 Å². The van der Waals surface area contributed by atoms with E-state index in [1.54, 1.807) is 17.4 Å². The molecule has 3 aromatic rings. The van der Waals surface area contributed by atoms with Gasteiger partial charge in [0.2, 0.25) is 10.0 Å². The highest BCUT2D eigenvalue weighted by Crippen LogP contribution is 2.31. The summed E-state index contributed by atoms with van der Waals surface area (Å²) in [5.41, 5.74) is 4.00. The molecule has 1 N–H and O–H groups in total. The van der Waals surface area contributed by atoms with Crippen molar-refractivity contribution >= 4 is 26.5 Å². The van der Waals surface area contributed by atoms with Gasteiger partial charge in [0, 0.05) is 53.9 Å². The summed E-state index contributed by atoms with van der Waals surface area (Å²) in [6.45, 7) is 4.81. The Morgan fingerprint density at radius 2 is 1.97 bits per heavy atom. The monoisotopic (exact) mass is 410 g/mol. The number of rotatable bonds is 5. The lowest BCUT2D eigenvalue weighted by Gasteiger charge is -2.32. The van der Waals surface area contributed by atoms with Crippen LogP contribution in [0.2, 0.25) is 0 Å². The average Bonchev–Trinajstić information content (AvgIpc) is 2.74. The molecular weight excluding hydrogens is 384 g/mol. The summed E-state index contributed by atoms with van der Waals surface area (Å²) in [5, 5.41) is 5.82. The topological polar surface area (TPSA) is 75.2 Å². The fourth-order valence-electron chi connectivity index (χ4n) is 3.85. The molecule has 0 bridgehead atoms. The largest absolute Gasteiger partial charge is 0.382 e. The molecular formula is C22H26N4O2S. The fraction of sp³-hybridized carbons (Fsp3) is 0.364. The molecule has 6 nitrogen and oxygen atoms in total. The van der Waals surface area contributed by atoms with Gasteiger partial charge < -0.3 is 5.32 Å². The average molecular weight is 411 g/mol. The van der Waals surface area contributed by atoms with Crippen LogP contribution in [0.1, 0.15) is 25.5 Å². The number of hydrogen-bond acceptors (Lipinski definition) is 5. The number of sulfonamides is 1. The Bertz CT molecular complexity index is 1120. The van der Waals surface area contributed by atoms with E-state index in [1.807, 2.05) is 37.4 Å². The van der Waals surface area contributed by atoms with Gasteiger partial charge in [-0.1, -0.05) is 6.07 Å². The summed E-state index contributed by atoms with van der Waals surface area (Å²) in [6.07, 6.45) is 5.25. The molecule has 1 saturated heterocycles. The van der Waals surface area contributed by atoms with Crippen molar-refractivity contribution in [3.63, 3.8) is 0 Å². The molecule has 7 heteroatoms. The Labute approximate surface area is 172 Å². The molecule has 2 aromatic heterocycles. The van der Waals surface area contributed by atoms with Crippen molar-refractivity contribution < 1.29 is 8.42 Å². The van der Waals surface area contributed by atoms with E-state index in [0.29, 0.717) is 13.1 Å². The first kappa shape index (κ1) is 19.8. The molecule has 152 valence electrons. The highest BCUT2D eigenvalue weighted by molar-refractivity contribution is 7.89. The van der Waals surface area contributed by atoms with Crippen LogP contribution in [-0.4, -0.2) is 47.6 Å². The molecule has 3 heterocycles. The number of aromatic nitrogens is 2. The van der Waals surface area contributed by atoms with Gasteiger partial charge in [0.1, 0.15) is 0 Å². The molecule has 1 aliphatic rings. The predicted octanol–water partition coefficient (Wildman–Crippen LogP) is 3.83. The first-order chi connectivity index (χ1) is 14.0. The molecule has 1 aliphatic heterocycles. The smallest absolute Gasteiger partial charge is 0.213 e. The van der Waals surface area contributed by atoms with Gasteiger partial charge in [0.25, 0.3) is 0 Å². The van der Waals surface area contributed by atoms with E-state index in [9.17, 15) is 8.42 Å². The minimum atomic E-state index is -3.11. The minimum Gasteiger partial charge on any atom is -0.382 e. The van der Waals surface area contributed by atoms with Gasteiger partial charge in [-0.3, -0.25) is 9.97 Å². The molecule has 0 aliphatic carbocycles. The normalized spacial score (nSPS) is 16.2. The molecule has 0 radical (unpaired) electrons. The van der Waals surface area contributed by atoms with Gasteiger partial charge in [-0.25, -0.2) is 12.7 Å². The van der Waals surface area contributed by atoms with Crippen LogP contribution >= 0.6 is 0 Å². The van der Waals surface area contributed by atoms with Crippen LogP contribution < -0.4 is 5.32 Å². The second-order valence-electron chi connectivity index (χ2n) is 7.50. The van der Waals surface area contributed by atoms with Crippen molar-refractivity contribution in [3.8, 4) is 11.3 Å². The van der Waals surface area contributed by atoms with Crippen LogP contribution in [0.3, 0.4) is 0 Å². The Hall–Kier alpha value is -2.51. The lowest BCUT2D eigenvalue weighted by Crippen LogP contribution is -2.42. The van der Waals surface area contributed by atoms with Crippen LogP contribution in [-0.2, 0) is 10.0 Å². The van der Waals surface area contributed by atoms with E-state index >= 15 is 0 Å². The van der Waals surface area contributed by atoms with Crippen LogP contribution in [0.15, 0.2) is 48.8 Å². The number of nitrogens with zero attached hydrogens (tertiary/aromatic N) is 3. The van der Waals surface area contributed by atoms with Gasteiger partial charge >= 0.3 is 0 Å². The van der Waals surface area contributed by atoms with E-state index in [4.69, 9.17) is 0 Å². The minimum absolute atomic E-state index is 0.160. The third-order valence-electron chi connectivity index (χ3n) is 5.51. The van der Waals surface area contributed by atoms with Gasteiger partial charge in [0.05, 0.1) is 11.4 Å². The number of benzene rings is 1. The standard InChI is InChI=1S/C22H26N4O2S/c1-3-29(27,28)26-11-8-19(9-12-26)25-22-14-18(21-6-4-5-16(2)24-21)13-17-7-10-23-15-20(17)22/h4-7,10,13-15,19,25H,3,8-9,11-12H2,1-2H3. The Morgan fingerprint density at radius 3 is 2.69 bits per heavy atom. The summed E-state index contributed by atoms with van der Waals surface area (Å²) >= 11 is 0.